The van der Waals surface area contributed by atoms with Crippen LogP contribution in [0.4, 0.5) is 5.69 Å². The molecule has 252 valence electrons. The molecule has 1 aliphatic carbocycles. The average molecular weight is 648 g/mol. The Morgan fingerprint density at radius 3 is 2.53 bits per heavy atom. The van der Waals surface area contributed by atoms with Gasteiger partial charge in [0, 0.05) is 51.1 Å². The van der Waals surface area contributed by atoms with Crippen LogP contribution in [-0.4, -0.2) is 96.9 Å². The molecule has 2 aromatic rings. The molecule has 45 heavy (non-hydrogen) atoms. The zero-order chi connectivity index (χ0) is 32.6. The summed E-state index contributed by atoms with van der Waals surface area (Å²) in [6.45, 7) is 8.48. The van der Waals surface area contributed by atoms with E-state index in [4.69, 9.17) is 9.47 Å². The molecule has 1 saturated carbocycles. The van der Waals surface area contributed by atoms with Gasteiger partial charge in [0.05, 0.1) is 36.7 Å². The number of nitrogens with one attached hydrogen (secondary N) is 1. The van der Waals surface area contributed by atoms with E-state index >= 15 is 0 Å². The molecule has 1 aromatic heterocycles. The molecule has 4 rings (SSSR count). The van der Waals surface area contributed by atoms with Crippen molar-refractivity contribution in [3.63, 3.8) is 0 Å². The second-order valence-corrected chi connectivity index (χ2v) is 14.8. The van der Waals surface area contributed by atoms with Gasteiger partial charge in [-0.3, -0.25) is 9.52 Å². The zero-order valence-corrected chi connectivity index (χ0v) is 28.5. The van der Waals surface area contributed by atoms with E-state index in [0.717, 1.165) is 32.4 Å². The number of sulfonamides is 1. The summed E-state index contributed by atoms with van der Waals surface area (Å²) in [7, 11) is -0.121. The number of fused-ring (bicyclic) bond motifs is 1. The molecule has 2 heterocycles. The minimum Gasteiger partial charge on any atom is -0.490 e. The predicted molar refractivity (Wildman–Crippen MR) is 175 cm³/mol. The molecule has 4 atom stereocenters. The van der Waals surface area contributed by atoms with Crippen LogP contribution in [0.15, 0.2) is 35.7 Å². The van der Waals surface area contributed by atoms with Crippen molar-refractivity contribution in [2.24, 2.45) is 18.9 Å². The van der Waals surface area contributed by atoms with Gasteiger partial charge in [0.2, 0.25) is 0 Å². The van der Waals surface area contributed by atoms with Gasteiger partial charge < -0.3 is 28.9 Å². The van der Waals surface area contributed by atoms with Crippen LogP contribution in [-0.2, 0) is 21.8 Å². The first-order chi connectivity index (χ1) is 21.5. The minimum absolute atomic E-state index is 0.0196. The highest BCUT2D eigenvalue weighted by Gasteiger charge is 2.31. The van der Waals surface area contributed by atoms with E-state index in [-0.39, 0.29) is 46.9 Å². The summed E-state index contributed by atoms with van der Waals surface area (Å²) in [4.78, 5) is 22.3. The minimum atomic E-state index is -3.98. The van der Waals surface area contributed by atoms with Gasteiger partial charge in [0.1, 0.15) is 5.75 Å². The number of carbonyl (C=O) groups excluding carboxylic acids is 1. The Bertz CT molecular complexity index is 1340. The molecule has 1 amide bonds. The molecule has 12 heteroatoms. The molecule has 0 unspecified atom stereocenters. The number of hydrogen-bond donors (Lipinski definition) is 2. The standard InChI is InChI=1S/C33H53N5O6S/c1-24-18-38(25(2)22-39)33(40)29-17-28(35-45(41,42)32-21-37(5)23-34-32)14-15-30(29)44-26(3)11-9-10-16-43-31(24)20-36(4)19-27-12-7-6-8-13-27/h14-15,17,21,23-27,31,35,39H,6-13,16,18-20,22H2,1-5H3/t24-,25+,26+,31-/m0/s1. The lowest BCUT2D eigenvalue weighted by Gasteiger charge is -2.36. The number of anilines is 1. The third kappa shape index (κ3) is 9.91. The Morgan fingerprint density at radius 1 is 1.11 bits per heavy atom. The second kappa shape index (κ2) is 16.2. The molecule has 0 saturated heterocycles. The number of aliphatic hydroxyl groups is 1. The molecular formula is C33H53N5O6S. The van der Waals surface area contributed by atoms with Gasteiger partial charge in [-0.05, 0) is 77.1 Å². The highest BCUT2D eigenvalue weighted by Crippen LogP contribution is 2.30. The number of imidazole rings is 1. The first-order valence-corrected chi connectivity index (χ1v) is 18.0. The average Bonchev–Trinajstić information content (AvgIpc) is 3.46. The summed E-state index contributed by atoms with van der Waals surface area (Å²) in [5.41, 5.74) is 0.458. The number of aliphatic hydroxyl groups excluding tert-OH is 1. The first kappa shape index (κ1) is 35.2. The SMILES string of the molecule is C[C@@H]1CCCCO[C@@H](CN(C)CC2CCCCC2)[C@@H](C)CN([C@H](C)CO)C(=O)c2cc(NS(=O)(=O)c3cn(C)cn3)ccc2O1. The molecule has 1 aromatic carbocycles. The van der Waals surface area contributed by atoms with E-state index in [1.54, 1.807) is 28.6 Å². The monoisotopic (exact) mass is 647 g/mol. The fourth-order valence-corrected chi connectivity index (χ4v) is 7.41. The van der Waals surface area contributed by atoms with E-state index in [1.165, 1.54) is 50.7 Å². The van der Waals surface area contributed by atoms with Crippen molar-refractivity contribution in [2.75, 3.05) is 44.6 Å². The van der Waals surface area contributed by atoms with Gasteiger partial charge in [0.25, 0.3) is 15.9 Å². The molecule has 2 N–H and O–H groups in total. The number of ether oxygens (including phenoxy) is 2. The van der Waals surface area contributed by atoms with E-state index < -0.39 is 16.1 Å². The number of aromatic nitrogens is 2. The highest BCUT2D eigenvalue weighted by molar-refractivity contribution is 7.92. The number of likely N-dealkylation sites (N-methyl/N-ethyl adjacent to an activating group) is 1. The maximum atomic E-state index is 14.3. The molecule has 0 radical (unpaired) electrons. The number of hydrogen-bond acceptors (Lipinski definition) is 8. The summed E-state index contributed by atoms with van der Waals surface area (Å²) in [5.74, 6) is 0.741. The molecule has 0 bridgehead atoms. The number of aryl methyl sites for hydroxylation is 1. The van der Waals surface area contributed by atoms with Gasteiger partial charge in [-0.1, -0.05) is 26.2 Å². The molecule has 0 spiro atoms. The van der Waals surface area contributed by atoms with Crippen molar-refractivity contribution in [1.82, 2.24) is 19.4 Å². The highest BCUT2D eigenvalue weighted by atomic mass is 32.2. The number of nitrogens with zero attached hydrogens (tertiary/aromatic N) is 4. The lowest BCUT2D eigenvalue weighted by molar-refractivity contribution is -0.0190. The Morgan fingerprint density at radius 2 is 1.84 bits per heavy atom. The van der Waals surface area contributed by atoms with Crippen LogP contribution in [0.5, 0.6) is 5.75 Å². The fourth-order valence-electron chi connectivity index (χ4n) is 6.38. The van der Waals surface area contributed by atoms with Crippen molar-refractivity contribution >= 4 is 21.6 Å². The van der Waals surface area contributed by atoms with E-state index in [1.807, 2.05) is 13.8 Å². The van der Waals surface area contributed by atoms with Gasteiger partial charge in [0.15, 0.2) is 5.03 Å². The van der Waals surface area contributed by atoms with Crippen molar-refractivity contribution in [2.45, 2.75) is 95.4 Å². The Labute approximate surface area is 269 Å². The molecule has 1 aliphatic heterocycles. The fraction of sp³-hybridized carbons (Fsp3) is 0.697. The quantitative estimate of drug-likeness (QED) is 0.407. The smallest absolute Gasteiger partial charge is 0.280 e. The van der Waals surface area contributed by atoms with E-state index in [2.05, 4.69) is 28.6 Å². The topological polar surface area (TPSA) is 126 Å². The van der Waals surface area contributed by atoms with Crippen LogP contribution < -0.4 is 9.46 Å². The lowest BCUT2D eigenvalue weighted by atomic mass is 9.89. The van der Waals surface area contributed by atoms with Crippen LogP contribution >= 0.6 is 0 Å². The van der Waals surface area contributed by atoms with Crippen LogP contribution in [0.2, 0.25) is 0 Å². The van der Waals surface area contributed by atoms with E-state index in [0.29, 0.717) is 24.8 Å². The summed E-state index contributed by atoms with van der Waals surface area (Å²) in [5, 5.41) is 10.1. The van der Waals surface area contributed by atoms with Crippen LogP contribution in [0.25, 0.3) is 0 Å². The van der Waals surface area contributed by atoms with Crippen molar-refractivity contribution in [3.8, 4) is 5.75 Å². The molecule has 1 fully saturated rings. The van der Waals surface area contributed by atoms with E-state index in [9.17, 15) is 18.3 Å². The molecule has 2 aliphatic rings. The number of rotatable bonds is 9. The second-order valence-electron chi connectivity index (χ2n) is 13.2. The zero-order valence-electron chi connectivity index (χ0n) is 27.7. The summed E-state index contributed by atoms with van der Waals surface area (Å²) in [6.07, 6.45) is 11.7. The maximum absolute atomic E-state index is 14.3. The number of benzene rings is 1. The third-order valence-corrected chi connectivity index (χ3v) is 10.3. The summed E-state index contributed by atoms with van der Waals surface area (Å²) >= 11 is 0. The van der Waals surface area contributed by atoms with Crippen LogP contribution in [0, 0.1) is 11.8 Å². The number of amides is 1. The number of carbonyl (C=O) groups is 1. The van der Waals surface area contributed by atoms with Crippen LogP contribution in [0.1, 0.15) is 82.5 Å². The maximum Gasteiger partial charge on any atom is 0.280 e. The van der Waals surface area contributed by atoms with Crippen LogP contribution in [0.3, 0.4) is 0 Å². The van der Waals surface area contributed by atoms with Gasteiger partial charge in [-0.25, -0.2) is 4.98 Å². The Balaban J connectivity index is 1.61. The molecular weight excluding hydrogens is 594 g/mol. The predicted octanol–water partition coefficient (Wildman–Crippen LogP) is 4.53. The van der Waals surface area contributed by atoms with Crippen molar-refractivity contribution in [1.29, 1.82) is 0 Å². The van der Waals surface area contributed by atoms with Gasteiger partial charge >= 0.3 is 0 Å². The van der Waals surface area contributed by atoms with Crippen molar-refractivity contribution in [3.05, 3.63) is 36.3 Å². The lowest BCUT2D eigenvalue weighted by Crippen LogP contribution is -2.47. The van der Waals surface area contributed by atoms with Gasteiger partial charge in [-0.2, -0.15) is 8.42 Å². The summed E-state index contributed by atoms with van der Waals surface area (Å²) in [6, 6.07) is 4.28. The summed E-state index contributed by atoms with van der Waals surface area (Å²) < 4.78 is 43.0. The van der Waals surface area contributed by atoms with Crippen molar-refractivity contribution < 1.29 is 27.8 Å². The Kier molecular flexibility index (Phi) is 12.7. The largest absolute Gasteiger partial charge is 0.490 e. The Hall–Kier alpha value is -2.67. The third-order valence-electron chi connectivity index (χ3n) is 9.05. The normalized spacial score (nSPS) is 23.7. The molecule has 11 nitrogen and oxygen atoms in total. The van der Waals surface area contributed by atoms with Gasteiger partial charge in [-0.15, -0.1) is 0 Å². The first-order valence-electron chi connectivity index (χ1n) is 16.5.